The molecule has 4 aromatic rings. The zero-order valence-corrected chi connectivity index (χ0v) is 36.3. The van der Waals surface area contributed by atoms with Crippen molar-refractivity contribution in [2.75, 3.05) is 0 Å². The van der Waals surface area contributed by atoms with E-state index in [0.29, 0.717) is 5.92 Å². The Labute approximate surface area is 328 Å². The molecule has 4 bridgehead atoms. The molecule has 0 heterocycles. The summed E-state index contributed by atoms with van der Waals surface area (Å²) >= 11 is -2.98. The van der Waals surface area contributed by atoms with Crippen molar-refractivity contribution in [1.82, 2.24) is 0 Å². The summed E-state index contributed by atoms with van der Waals surface area (Å²) in [5.74, 6) is 5.07. The molecule has 0 nitrogen and oxygen atoms in total. The average molecular weight is 776 g/mol. The van der Waals surface area contributed by atoms with Crippen LogP contribution in [-0.2, 0) is 38.5 Å². The molecule has 0 aliphatic heterocycles. The van der Waals surface area contributed by atoms with Gasteiger partial charge in [-0.1, -0.05) is 0 Å². The molecule has 0 saturated heterocycles. The van der Waals surface area contributed by atoms with E-state index >= 15 is 0 Å². The van der Waals surface area contributed by atoms with E-state index in [1.54, 1.807) is 26.5 Å². The van der Waals surface area contributed by atoms with Gasteiger partial charge in [0, 0.05) is 0 Å². The van der Waals surface area contributed by atoms with Gasteiger partial charge < -0.3 is 0 Å². The molecule has 0 amide bonds. The second-order valence-corrected chi connectivity index (χ2v) is 25.8. The summed E-state index contributed by atoms with van der Waals surface area (Å²) in [6.07, 6.45) is 14.2. The maximum absolute atomic E-state index is 2.98. The van der Waals surface area contributed by atoms with Gasteiger partial charge in [-0.15, -0.1) is 0 Å². The summed E-state index contributed by atoms with van der Waals surface area (Å²) < 4.78 is 5.23. The number of rotatable bonds is 5. The van der Waals surface area contributed by atoms with Crippen LogP contribution in [0.3, 0.4) is 0 Å². The molecule has 0 N–H and O–H groups in total. The monoisotopic (exact) mass is 774 g/mol. The van der Waals surface area contributed by atoms with Crippen molar-refractivity contribution in [3.8, 4) is 11.1 Å². The molecule has 6 aliphatic rings. The van der Waals surface area contributed by atoms with Crippen molar-refractivity contribution < 1.29 is 21.3 Å². The van der Waals surface area contributed by atoms with Gasteiger partial charge in [0.1, 0.15) is 0 Å². The van der Waals surface area contributed by atoms with Crippen molar-refractivity contribution in [2.24, 2.45) is 35.5 Å². The van der Waals surface area contributed by atoms with Gasteiger partial charge in [-0.25, -0.2) is 0 Å². The summed E-state index contributed by atoms with van der Waals surface area (Å²) in [6.45, 7) is 21.5. The predicted molar refractivity (Wildman–Crippen MR) is 223 cm³/mol. The van der Waals surface area contributed by atoms with Gasteiger partial charge >= 0.3 is 330 Å². The number of benzene rings is 4. The second kappa shape index (κ2) is 13.1. The summed E-state index contributed by atoms with van der Waals surface area (Å²) in [5, 5.41) is 0. The van der Waals surface area contributed by atoms with Gasteiger partial charge in [-0.05, 0) is 0 Å². The molecule has 0 radical (unpaired) electrons. The van der Waals surface area contributed by atoms with Crippen LogP contribution < -0.4 is 3.27 Å². The molecule has 0 aromatic heterocycles. The Morgan fingerprint density at radius 3 is 1.75 bits per heavy atom. The van der Waals surface area contributed by atoms with Gasteiger partial charge in [-0.3, -0.25) is 0 Å². The first-order valence-electron chi connectivity index (χ1n) is 20.9. The number of allylic oxidation sites excluding steroid dienone is 4. The van der Waals surface area contributed by atoms with Crippen LogP contribution in [0.25, 0.3) is 11.1 Å². The zero-order chi connectivity index (χ0) is 37.0. The maximum atomic E-state index is 2.86. The fourth-order valence-corrected chi connectivity index (χ4v) is 21.1. The van der Waals surface area contributed by atoms with E-state index in [1.807, 2.05) is 0 Å². The molecular formula is C52H60Zr. The number of hydrogen-bond donors (Lipinski definition) is 0. The Morgan fingerprint density at radius 1 is 0.642 bits per heavy atom. The van der Waals surface area contributed by atoms with Gasteiger partial charge in [0.05, 0.1) is 0 Å². The Morgan fingerprint density at radius 2 is 1.21 bits per heavy atom. The van der Waals surface area contributed by atoms with Crippen molar-refractivity contribution >= 4 is 6.48 Å². The third kappa shape index (κ3) is 6.34. The van der Waals surface area contributed by atoms with Crippen molar-refractivity contribution in [2.45, 2.75) is 112 Å². The zero-order valence-electron chi connectivity index (χ0n) is 33.9. The van der Waals surface area contributed by atoms with Crippen LogP contribution in [0.15, 0.2) is 99.9 Å². The molecular weight excluding hydrogens is 716 g/mol. The van der Waals surface area contributed by atoms with Gasteiger partial charge in [0.2, 0.25) is 0 Å². The SMILES string of the molecule is Cc1ccc([C](c2ccc(C)cc2)=[Zr]([C]2=CC(C3C4CC5CC(C4)CC3C5)=CC2C)[c]2c(C(C)(C)C)ccc3c2Cc2cc(C(C)(C)C)ccc2-3)cc1. The van der Waals surface area contributed by atoms with Crippen molar-refractivity contribution in [3.05, 3.63) is 144 Å². The Bertz CT molecular complexity index is 2110. The molecule has 53 heavy (non-hydrogen) atoms. The van der Waals surface area contributed by atoms with E-state index in [1.165, 1.54) is 76.6 Å². The van der Waals surface area contributed by atoms with Gasteiger partial charge in [-0.2, -0.15) is 0 Å². The summed E-state index contributed by atoms with van der Waals surface area (Å²) in [7, 11) is 0. The molecule has 272 valence electrons. The first-order valence-corrected chi connectivity index (χ1v) is 24.5. The molecule has 10 rings (SSSR count). The van der Waals surface area contributed by atoms with Crippen LogP contribution >= 0.6 is 0 Å². The van der Waals surface area contributed by atoms with Gasteiger partial charge in [0.25, 0.3) is 0 Å². The quantitative estimate of drug-likeness (QED) is 0.167. The fourth-order valence-electron chi connectivity index (χ4n) is 11.7. The number of hydrogen-bond acceptors (Lipinski definition) is 0. The summed E-state index contributed by atoms with van der Waals surface area (Å²) in [4.78, 5) is 0. The van der Waals surface area contributed by atoms with Crippen LogP contribution in [0.5, 0.6) is 0 Å². The Balaban J connectivity index is 1.33. The topological polar surface area (TPSA) is 0 Å². The second-order valence-electron chi connectivity index (χ2n) is 20.1. The van der Waals surface area contributed by atoms with Gasteiger partial charge in [0.15, 0.2) is 0 Å². The van der Waals surface area contributed by atoms with E-state index in [4.69, 9.17) is 0 Å². The molecule has 0 spiro atoms. The van der Waals surface area contributed by atoms with E-state index < -0.39 is 21.3 Å². The minimum atomic E-state index is -2.98. The van der Waals surface area contributed by atoms with E-state index in [2.05, 4.69) is 153 Å². The first kappa shape index (κ1) is 35.8. The summed E-state index contributed by atoms with van der Waals surface area (Å²) in [6, 6.07) is 31.8. The van der Waals surface area contributed by atoms with Crippen LogP contribution in [0.4, 0.5) is 0 Å². The Hall–Kier alpha value is -2.89. The molecule has 1 heteroatoms. The third-order valence-electron chi connectivity index (χ3n) is 14.1. The Kier molecular flexibility index (Phi) is 8.86. The van der Waals surface area contributed by atoms with Crippen LogP contribution in [-0.4, -0.2) is 3.21 Å². The van der Waals surface area contributed by atoms with Crippen molar-refractivity contribution in [1.29, 1.82) is 0 Å². The molecule has 1 atom stereocenters. The molecule has 6 aliphatic carbocycles. The average Bonchev–Trinajstić information content (AvgIpc) is 3.66. The number of fused-ring (bicyclic) bond motifs is 3. The standard InChI is InChI=1S/C21H25.C16H21.C15H14.Zr/c1-20(2,3)16-7-9-18-14(12-16)11-15-13-17(21(4,5)6)8-10-19(15)18;1-10-2-3-13(4-10)16-14-6-11-5-12(8-14)9-15(16)7-11;1-12-3-7-14(8-4-12)11-15-9-5-13(2)6-10-15;/h7-10,12H,11H2,1-6H3;3-4,10-12,14-16H,5-9H2,1H3;3-10H,1-2H3;. The molecule has 1 unspecified atom stereocenters. The first-order chi connectivity index (χ1) is 25.2. The van der Waals surface area contributed by atoms with E-state index in [0.717, 1.165) is 36.0 Å². The van der Waals surface area contributed by atoms with Crippen LogP contribution in [0.1, 0.15) is 125 Å². The summed E-state index contributed by atoms with van der Waals surface area (Å²) in [5.41, 5.74) is 16.6. The molecule has 4 saturated carbocycles. The fraction of sp³-hybridized carbons (Fsp3) is 0.442. The van der Waals surface area contributed by atoms with E-state index in [9.17, 15) is 0 Å². The van der Waals surface area contributed by atoms with Crippen LogP contribution in [0, 0.1) is 49.4 Å². The molecule has 4 aromatic carbocycles. The number of aryl methyl sites for hydroxylation is 2. The third-order valence-corrected chi connectivity index (χ3v) is 22.3. The molecule has 4 fully saturated rings. The van der Waals surface area contributed by atoms with Crippen molar-refractivity contribution in [3.63, 3.8) is 0 Å². The predicted octanol–water partition coefficient (Wildman–Crippen LogP) is 12.5. The van der Waals surface area contributed by atoms with E-state index in [-0.39, 0.29) is 10.8 Å². The van der Waals surface area contributed by atoms with Crippen LogP contribution in [0.2, 0.25) is 0 Å². The normalized spacial score (nSPS) is 25.6. The minimum absolute atomic E-state index is 0.0350.